The highest BCUT2D eigenvalue weighted by molar-refractivity contribution is 4.91. The first kappa shape index (κ1) is 16.0. The molecule has 0 aliphatic heterocycles. The molecule has 1 N–H and O–H groups in total. The molecule has 1 heteroatoms. The SMILES string of the molecule is CCCCCCCCC1(CNC(C)(C)C)CCC1. The van der Waals surface area contributed by atoms with Gasteiger partial charge in [0.2, 0.25) is 0 Å². The number of rotatable bonds is 9. The second-order valence-corrected chi connectivity index (χ2v) is 7.47. The van der Waals surface area contributed by atoms with Gasteiger partial charge in [0.05, 0.1) is 0 Å². The van der Waals surface area contributed by atoms with Crippen LogP contribution in [0.2, 0.25) is 0 Å². The smallest absolute Gasteiger partial charge is 0.00967 e. The molecule has 0 atom stereocenters. The molecule has 0 aromatic rings. The normalized spacial score (nSPS) is 18.7. The van der Waals surface area contributed by atoms with E-state index in [0.29, 0.717) is 5.41 Å². The van der Waals surface area contributed by atoms with E-state index in [1.165, 1.54) is 70.8 Å². The Hall–Kier alpha value is -0.0400. The Balaban J connectivity index is 2.12. The molecule has 1 fully saturated rings. The summed E-state index contributed by atoms with van der Waals surface area (Å²) in [7, 11) is 0. The molecule has 0 bridgehead atoms. The van der Waals surface area contributed by atoms with E-state index in [4.69, 9.17) is 0 Å². The van der Waals surface area contributed by atoms with Gasteiger partial charge in [0.15, 0.2) is 0 Å². The van der Waals surface area contributed by atoms with Crippen LogP contribution in [0.1, 0.15) is 91.9 Å². The molecule has 1 saturated carbocycles. The fourth-order valence-corrected chi connectivity index (χ4v) is 2.92. The van der Waals surface area contributed by atoms with E-state index >= 15 is 0 Å². The van der Waals surface area contributed by atoms with E-state index in [-0.39, 0.29) is 5.54 Å². The summed E-state index contributed by atoms with van der Waals surface area (Å²) < 4.78 is 0. The first-order chi connectivity index (χ1) is 8.47. The summed E-state index contributed by atoms with van der Waals surface area (Å²) in [5.74, 6) is 0. The van der Waals surface area contributed by atoms with Gasteiger partial charge in [0.1, 0.15) is 0 Å². The maximum absolute atomic E-state index is 3.73. The van der Waals surface area contributed by atoms with Crippen molar-refractivity contribution in [3.05, 3.63) is 0 Å². The molecule has 0 heterocycles. The van der Waals surface area contributed by atoms with Crippen LogP contribution in [0.15, 0.2) is 0 Å². The summed E-state index contributed by atoms with van der Waals surface area (Å²) >= 11 is 0. The van der Waals surface area contributed by atoms with Gasteiger partial charge in [-0.1, -0.05) is 51.9 Å². The van der Waals surface area contributed by atoms with Crippen molar-refractivity contribution in [1.29, 1.82) is 0 Å². The van der Waals surface area contributed by atoms with E-state index in [1.807, 2.05) is 0 Å². The Bertz CT molecular complexity index is 210. The molecular weight excluding hydrogens is 218 g/mol. The standard InChI is InChI=1S/C17H35N/c1-5-6-7-8-9-10-12-17(13-11-14-17)15-18-16(2,3)4/h18H,5-15H2,1-4H3. The van der Waals surface area contributed by atoms with Crippen LogP contribution in [-0.4, -0.2) is 12.1 Å². The Kier molecular flexibility index (Phi) is 6.70. The molecule has 1 rings (SSSR count). The number of hydrogen-bond donors (Lipinski definition) is 1. The fraction of sp³-hybridized carbons (Fsp3) is 1.00. The number of unbranched alkanes of at least 4 members (excludes halogenated alkanes) is 5. The van der Waals surface area contributed by atoms with Crippen LogP contribution in [0.5, 0.6) is 0 Å². The van der Waals surface area contributed by atoms with E-state index in [9.17, 15) is 0 Å². The average molecular weight is 253 g/mol. The summed E-state index contributed by atoms with van der Waals surface area (Å²) in [5, 5.41) is 3.73. The quantitative estimate of drug-likeness (QED) is 0.550. The molecule has 0 amide bonds. The average Bonchev–Trinajstić information content (AvgIpc) is 2.23. The predicted molar refractivity (Wildman–Crippen MR) is 82.0 cm³/mol. The molecule has 0 saturated heterocycles. The molecule has 108 valence electrons. The van der Waals surface area contributed by atoms with E-state index in [2.05, 4.69) is 33.0 Å². The van der Waals surface area contributed by atoms with Crippen molar-refractivity contribution in [3.63, 3.8) is 0 Å². The second kappa shape index (κ2) is 7.53. The second-order valence-electron chi connectivity index (χ2n) is 7.47. The zero-order valence-corrected chi connectivity index (χ0v) is 13.3. The Labute approximate surface area is 115 Å². The monoisotopic (exact) mass is 253 g/mol. The Morgan fingerprint density at radius 1 is 0.944 bits per heavy atom. The lowest BCUT2D eigenvalue weighted by molar-refractivity contribution is 0.102. The van der Waals surface area contributed by atoms with Crippen LogP contribution in [-0.2, 0) is 0 Å². The Morgan fingerprint density at radius 2 is 1.56 bits per heavy atom. The summed E-state index contributed by atoms with van der Waals surface area (Å²) in [6.45, 7) is 10.4. The van der Waals surface area contributed by atoms with Crippen molar-refractivity contribution in [1.82, 2.24) is 5.32 Å². The van der Waals surface area contributed by atoms with E-state index < -0.39 is 0 Å². The minimum absolute atomic E-state index is 0.281. The Morgan fingerprint density at radius 3 is 2.06 bits per heavy atom. The van der Waals surface area contributed by atoms with E-state index in [0.717, 1.165) is 0 Å². The van der Waals surface area contributed by atoms with Crippen LogP contribution >= 0.6 is 0 Å². The number of nitrogens with one attached hydrogen (secondary N) is 1. The van der Waals surface area contributed by atoms with Gasteiger partial charge in [-0.3, -0.25) is 0 Å². The molecule has 0 spiro atoms. The maximum atomic E-state index is 3.73. The zero-order chi connectivity index (χ0) is 13.5. The highest BCUT2D eigenvalue weighted by atomic mass is 15.0. The van der Waals surface area contributed by atoms with Crippen LogP contribution < -0.4 is 5.32 Å². The van der Waals surface area contributed by atoms with Crippen molar-refractivity contribution < 1.29 is 0 Å². The van der Waals surface area contributed by atoms with Gasteiger partial charge >= 0.3 is 0 Å². The third-order valence-electron chi connectivity index (χ3n) is 4.47. The third kappa shape index (κ3) is 6.22. The minimum Gasteiger partial charge on any atom is -0.312 e. The highest BCUT2D eigenvalue weighted by Crippen LogP contribution is 2.44. The molecule has 1 nitrogen and oxygen atoms in total. The third-order valence-corrected chi connectivity index (χ3v) is 4.47. The van der Waals surface area contributed by atoms with Crippen LogP contribution in [0.3, 0.4) is 0 Å². The largest absolute Gasteiger partial charge is 0.312 e. The molecule has 0 aromatic heterocycles. The van der Waals surface area contributed by atoms with Crippen molar-refractivity contribution in [2.24, 2.45) is 5.41 Å². The van der Waals surface area contributed by atoms with Crippen LogP contribution in [0.4, 0.5) is 0 Å². The van der Waals surface area contributed by atoms with Crippen molar-refractivity contribution >= 4 is 0 Å². The lowest BCUT2D eigenvalue weighted by Gasteiger charge is -2.44. The van der Waals surface area contributed by atoms with Gasteiger partial charge in [-0.05, 0) is 45.4 Å². The summed E-state index contributed by atoms with van der Waals surface area (Å²) in [4.78, 5) is 0. The van der Waals surface area contributed by atoms with Crippen molar-refractivity contribution in [2.45, 2.75) is 97.4 Å². The fourth-order valence-electron chi connectivity index (χ4n) is 2.92. The highest BCUT2D eigenvalue weighted by Gasteiger charge is 2.36. The van der Waals surface area contributed by atoms with Gasteiger partial charge in [0.25, 0.3) is 0 Å². The molecular formula is C17H35N. The van der Waals surface area contributed by atoms with Crippen molar-refractivity contribution in [2.75, 3.05) is 6.54 Å². The minimum atomic E-state index is 0.281. The van der Waals surface area contributed by atoms with Crippen LogP contribution in [0.25, 0.3) is 0 Å². The molecule has 18 heavy (non-hydrogen) atoms. The summed E-state index contributed by atoms with van der Waals surface area (Å²) in [6, 6.07) is 0. The van der Waals surface area contributed by atoms with Gasteiger partial charge in [-0.2, -0.15) is 0 Å². The zero-order valence-electron chi connectivity index (χ0n) is 13.3. The molecule has 0 aromatic carbocycles. The molecule has 0 radical (unpaired) electrons. The van der Waals surface area contributed by atoms with Crippen molar-refractivity contribution in [3.8, 4) is 0 Å². The molecule has 1 aliphatic carbocycles. The van der Waals surface area contributed by atoms with Gasteiger partial charge in [0, 0.05) is 12.1 Å². The predicted octanol–water partition coefficient (Wildman–Crippen LogP) is 5.30. The molecule has 0 unspecified atom stereocenters. The lowest BCUT2D eigenvalue weighted by atomic mass is 9.65. The maximum Gasteiger partial charge on any atom is 0.00967 e. The topological polar surface area (TPSA) is 12.0 Å². The number of hydrogen-bond acceptors (Lipinski definition) is 1. The summed E-state index contributed by atoms with van der Waals surface area (Å²) in [5.41, 5.74) is 0.946. The summed E-state index contributed by atoms with van der Waals surface area (Å²) in [6.07, 6.45) is 14.4. The molecule has 1 aliphatic rings. The first-order valence-corrected chi connectivity index (χ1v) is 8.22. The first-order valence-electron chi connectivity index (χ1n) is 8.22. The lowest BCUT2D eigenvalue weighted by Crippen LogP contribution is -2.46. The van der Waals surface area contributed by atoms with Gasteiger partial charge in [-0.15, -0.1) is 0 Å². The van der Waals surface area contributed by atoms with E-state index in [1.54, 1.807) is 0 Å². The van der Waals surface area contributed by atoms with Gasteiger partial charge < -0.3 is 5.32 Å². The van der Waals surface area contributed by atoms with Crippen LogP contribution in [0, 0.1) is 5.41 Å². The van der Waals surface area contributed by atoms with Gasteiger partial charge in [-0.25, -0.2) is 0 Å².